The largest absolute Gasteiger partial charge is 0.497 e. The fourth-order valence-corrected chi connectivity index (χ4v) is 2.28. The Bertz CT molecular complexity index is 993. The van der Waals surface area contributed by atoms with Crippen LogP contribution in [0, 0.1) is 24.4 Å². The van der Waals surface area contributed by atoms with Gasteiger partial charge in [0.05, 0.1) is 7.11 Å². The average Bonchev–Trinajstić information content (AvgIpc) is 2.75. The van der Waals surface area contributed by atoms with Crippen molar-refractivity contribution < 1.29 is 17.9 Å². The number of hydrogen-bond acceptors (Lipinski definition) is 1. The highest BCUT2D eigenvalue weighted by Gasteiger charge is 1.99. The van der Waals surface area contributed by atoms with Crippen molar-refractivity contribution in [3.8, 4) is 5.75 Å². The van der Waals surface area contributed by atoms with Crippen molar-refractivity contribution in [1.29, 1.82) is 0 Å². The summed E-state index contributed by atoms with van der Waals surface area (Å²) in [5, 5.41) is 0. The SMILES string of the molecule is C=Cc1ccc(F)cc1F.C=Cc1ccc(OC)cc1F.C=Cc1ccccc1C. The summed E-state index contributed by atoms with van der Waals surface area (Å²) in [5.41, 5.74) is 3.32. The van der Waals surface area contributed by atoms with E-state index >= 15 is 0 Å². The Hall–Kier alpha value is -3.53. The van der Waals surface area contributed by atoms with E-state index in [-0.39, 0.29) is 5.82 Å². The summed E-state index contributed by atoms with van der Waals surface area (Å²) in [6.07, 6.45) is 4.68. The third-order valence-electron chi connectivity index (χ3n) is 4.02. The number of halogens is 3. The molecule has 4 heteroatoms. The minimum absolute atomic E-state index is 0.306. The van der Waals surface area contributed by atoms with Gasteiger partial charge in [-0.1, -0.05) is 62.2 Å². The molecule has 30 heavy (non-hydrogen) atoms. The molecule has 0 saturated heterocycles. The molecule has 0 N–H and O–H groups in total. The van der Waals surface area contributed by atoms with Gasteiger partial charge in [-0.25, -0.2) is 13.2 Å². The third kappa shape index (κ3) is 7.84. The van der Waals surface area contributed by atoms with Crippen LogP contribution in [0.15, 0.2) is 80.4 Å². The molecule has 3 aromatic carbocycles. The Kier molecular flexibility index (Phi) is 10.5. The molecule has 0 bridgehead atoms. The maximum Gasteiger partial charge on any atom is 0.134 e. The van der Waals surface area contributed by atoms with Crippen LogP contribution in [-0.4, -0.2) is 7.11 Å². The Morgan fingerprint density at radius 1 is 0.700 bits per heavy atom. The fourth-order valence-electron chi connectivity index (χ4n) is 2.28. The highest BCUT2D eigenvalue weighted by molar-refractivity contribution is 5.51. The van der Waals surface area contributed by atoms with Gasteiger partial charge in [0, 0.05) is 23.3 Å². The Morgan fingerprint density at radius 3 is 1.67 bits per heavy atom. The first-order valence-electron chi connectivity index (χ1n) is 9.07. The van der Waals surface area contributed by atoms with Crippen LogP contribution in [0.3, 0.4) is 0 Å². The topological polar surface area (TPSA) is 9.23 Å². The van der Waals surface area contributed by atoms with E-state index in [0.29, 0.717) is 16.9 Å². The first-order chi connectivity index (χ1) is 14.4. The number of aryl methyl sites for hydroxylation is 1. The quantitative estimate of drug-likeness (QED) is 0.428. The summed E-state index contributed by atoms with van der Waals surface area (Å²) >= 11 is 0. The maximum absolute atomic E-state index is 12.9. The summed E-state index contributed by atoms with van der Waals surface area (Å²) < 4.78 is 42.5. The predicted molar refractivity (Wildman–Crippen MR) is 121 cm³/mol. The lowest BCUT2D eigenvalue weighted by Crippen LogP contribution is -1.86. The summed E-state index contributed by atoms with van der Waals surface area (Å²) in [4.78, 5) is 0. The Balaban J connectivity index is 0.000000226. The monoisotopic (exact) mass is 410 g/mol. The smallest absolute Gasteiger partial charge is 0.134 e. The number of benzene rings is 3. The molecule has 0 radical (unpaired) electrons. The molecule has 0 saturated carbocycles. The molecule has 0 aromatic heterocycles. The molecule has 3 rings (SSSR count). The molecular formula is C26H25F3O. The molecule has 0 aliphatic heterocycles. The summed E-state index contributed by atoms with van der Waals surface area (Å²) in [6, 6.07) is 16.2. The van der Waals surface area contributed by atoms with E-state index in [9.17, 15) is 13.2 Å². The molecular weight excluding hydrogens is 385 g/mol. The zero-order chi connectivity index (χ0) is 22.5. The second kappa shape index (κ2) is 12.8. The molecule has 0 amide bonds. The first kappa shape index (κ1) is 24.5. The zero-order valence-electron chi connectivity index (χ0n) is 17.2. The van der Waals surface area contributed by atoms with Crippen molar-refractivity contribution in [2.24, 2.45) is 0 Å². The van der Waals surface area contributed by atoms with E-state index < -0.39 is 11.6 Å². The van der Waals surface area contributed by atoms with Gasteiger partial charge in [-0.2, -0.15) is 0 Å². The molecule has 1 nitrogen and oxygen atoms in total. The van der Waals surface area contributed by atoms with Gasteiger partial charge in [-0.15, -0.1) is 0 Å². The van der Waals surface area contributed by atoms with Crippen molar-refractivity contribution in [2.75, 3.05) is 7.11 Å². The van der Waals surface area contributed by atoms with Gasteiger partial charge < -0.3 is 4.74 Å². The highest BCUT2D eigenvalue weighted by atomic mass is 19.1. The lowest BCUT2D eigenvalue weighted by Gasteiger charge is -2.00. The minimum Gasteiger partial charge on any atom is -0.497 e. The predicted octanol–water partition coefficient (Wildman–Crippen LogP) is 7.72. The van der Waals surface area contributed by atoms with E-state index in [1.165, 1.54) is 48.6 Å². The highest BCUT2D eigenvalue weighted by Crippen LogP contribution is 2.16. The van der Waals surface area contributed by atoms with Crippen molar-refractivity contribution in [3.05, 3.63) is 120 Å². The maximum atomic E-state index is 12.9. The summed E-state index contributed by atoms with van der Waals surface area (Å²) in [7, 11) is 1.50. The molecule has 156 valence electrons. The summed E-state index contributed by atoms with van der Waals surface area (Å²) in [5.74, 6) is -0.925. The van der Waals surface area contributed by atoms with Crippen LogP contribution in [-0.2, 0) is 0 Å². The van der Waals surface area contributed by atoms with Gasteiger partial charge in [0.1, 0.15) is 23.2 Å². The normalized spacial score (nSPS) is 9.23. The van der Waals surface area contributed by atoms with Crippen LogP contribution < -0.4 is 4.74 Å². The van der Waals surface area contributed by atoms with Crippen molar-refractivity contribution in [3.63, 3.8) is 0 Å². The van der Waals surface area contributed by atoms with Gasteiger partial charge in [-0.3, -0.25) is 0 Å². The number of methoxy groups -OCH3 is 1. The van der Waals surface area contributed by atoms with Crippen LogP contribution in [0.5, 0.6) is 5.75 Å². The van der Waals surface area contributed by atoms with Gasteiger partial charge in [0.25, 0.3) is 0 Å². The Morgan fingerprint density at radius 2 is 1.23 bits per heavy atom. The molecule has 0 aliphatic carbocycles. The van der Waals surface area contributed by atoms with Crippen molar-refractivity contribution in [2.45, 2.75) is 6.92 Å². The zero-order valence-corrected chi connectivity index (χ0v) is 17.2. The van der Waals surface area contributed by atoms with Gasteiger partial charge >= 0.3 is 0 Å². The van der Waals surface area contributed by atoms with Gasteiger partial charge in [0.15, 0.2) is 0 Å². The molecule has 0 aliphatic rings. The molecule has 0 atom stereocenters. The molecule has 0 heterocycles. The number of ether oxygens (including phenoxy) is 1. The van der Waals surface area contributed by atoms with Crippen molar-refractivity contribution >= 4 is 18.2 Å². The molecule has 0 spiro atoms. The lowest BCUT2D eigenvalue weighted by molar-refractivity contribution is 0.411. The van der Waals surface area contributed by atoms with Crippen LogP contribution in [0.25, 0.3) is 18.2 Å². The molecule has 3 aromatic rings. The van der Waals surface area contributed by atoms with E-state index in [1.807, 2.05) is 18.2 Å². The third-order valence-corrected chi connectivity index (χ3v) is 4.02. The molecule has 0 unspecified atom stereocenters. The molecule has 0 fully saturated rings. The minimum atomic E-state index is -0.574. The summed E-state index contributed by atoms with van der Waals surface area (Å²) in [6.45, 7) is 12.6. The van der Waals surface area contributed by atoms with E-state index in [0.717, 1.165) is 6.07 Å². The second-order valence-corrected chi connectivity index (χ2v) is 6.02. The fraction of sp³-hybridized carbons (Fsp3) is 0.0769. The van der Waals surface area contributed by atoms with E-state index in [2.05, 4.69) is 38.8 Å². The standard InChI is InChI=1S/C9H9FO.C9H10.C8H6F2/c1-3-7-4-5-8(11-2)6-9(7)10;1-3-9-7-5-4-6-8(9)2;1-2-6-3-4-7(9)5-8(6)10/h3-6H,1H2,2H3;3-7H,1H2,2H3;2-5H,1H2. The van der Waals surface area contributed by atoms with Crippen LogP contribution in [0.1, 0.15) is 22.3 Å². The van der Waals surface area contributed by atoms with Crippen LogP contribution >= 0.6 is 0 Å². The van der Waals surface area contributed by atoms with Crippen molar-refractivity contribution in [1.82, 2.24) is 0 Å². The van der Waals surface area contributed by atoms with Gasteiger partial charge in [-0.05, 0) is 42.3 Å². The Labute approximate surface area is 176 Å². The number of rotatable bonds is 4. The lowest BCUT2D eigenvalue weighted by atomic mass is 10.1. The second-order valence-electron chi connectivity index (χ2n) is 6.02. The number of hydrogen-bond donors (Lipinski definition) is 0. The van der Waals surface area contributed by atoms with Gasteiger partial charge in [0.2, 0.25) is 0 Å². The van der Waals surface area contributed by atoms with Crippen LogP contribution in [0.2, 0.25) is 0 Å². The first-order valence-corrected chi connectivity index (χ1v) is 9.07. The average molecular weight is 410 g/mol. The van der Waals surface area contributed by atoms with Crippen LogP contribution in [0.4, 0.5) is 13.2 Å². The van der Waals surface area contributed by atoms with E-state index in [4.69, 9.17) is 4.74 Å². The van der Waals surface area contributed by atoms with E-state index in [1.54, 1.807) is 12.1 Å².